The zero-order valence-electron chi connectivity index (χ0n) is 25.7. The van der Waals surface area contributed by atoms with Crippen LogP contribution in [0, 0.1) is 62.1 Å². The maximum Gasteiger partial charge on any atom is 0.230 e. The summed E-state index contributed by atoms with van der Waals surface area (Å²) in [5, 5.41) is 23.4. The lowest BCUT2D eigenvalue weighted by Gasteiger charge is -2.68. The number of aliphatic hydroxyl groups is 1. The number of rotatable bonds is 3. The Morgan fingerprint density at radius 3 is 2.46 bits per heavy atom. The van der Waals surface area contributed by atoms with Crippen LogP contribution in [-0.4, -0.2) is 33.4 Å². The van der Waals surface area contributed by atoms with E-state index < -0.39 is 10.8 Å². The number of carbonyl (C=O) groups excluding carboxylic acids is 2. The number of nitrogens with zero attached hydrogens (tertiary/aromatic N) is 3. The Morgan fingerprint density at radius 1 is 1.05 bits per heavy atom. The Morgan fingerprint density at radius 2 is 1.78 bits per heavy atom. The Bertz CT molecular complexity index is 1410. The molecule has 220 valence electrons. The van der Waals surface area contributed by atoms with Crippen LogP contribution in [0.4, 0.5) is 0 Å². The lowest BCUT2D eigenvalue weighted by molar-refractivity contribution is -0.157. The summed E-state index contributed by atoms with van der Waals surface area (Å²) in [7, 11) is 0. The largest absolute Gasteiger partial charge is 0.396 e. The molecule has 1 N–H and O–H groups in total. The second kappa shape index (κ2) is 8.96. The van der Waals surface area contributed by atoms with E-state index in [2.05, 4.69) is 45.8 Å². The van der Waals surface area contributed by atoms with Gasteiger partial charge in [0.2, 0.25) is 5.89 Å². The molecule has 1 aromatic rings. The number of Topliss-reactive ketones (excluding diaryl/α,β-unsaturated/α-hetero) is 1. The van der Waals surface area contributed by atoms with Gasteiger partial charge in [0, 0.05) is 29.1 Å². The van der Waals surface area contributed by atoms with Crippen molar-refractivity contribution in [2.75, 3.05) is 6.61 Å². The molecule has 0 spiro atoms. The summed E-state index contributed by atoms with van der Waals surface area (Å²) in [6, 6.07) is 2.19. The van der Waals surface area contributed by atoms with E-state index in [-0.39, 0.29) is 69.6 Å². The predicted molar refractivity (Wildman–Crippen MR) is 153 cm³/mol. The molecule has 7 nitrogen and oxygen atoms in total. The normalized spacial score (nSPS) is 42.6. The second-order valence-electron chi connectivity index (χ2n) is 15.8. The number of hydrogen-bond acceptors (Lipinski definition) is 7. The average molecular weight is 560 g/mol. The van der Waals surface area contributed by atoms with E-state index in [1.165, 1.54) is 0 Å². The highest BCUT2D eigenvalue weighted by Crippen LogP contribution is 2.73. The first-order chi connectivity index (χ1) is 19.1. The Labute approximate surface area is 243 Å². The summed E-state index contributed by atoms with van der Waals surface area (Å²) in [4.78, 5) is 32.5. The summed E-state index contributed by atoms with van der Waals surface area (Å²) < 4.78 is 5.78. The van der Waals surface area contributed by atoms with Crippen molar-refractivity contribution in [1.29, 1.82) is 5.26 Å². The van der Waals surface area contributed by atoms with Gasteiger partial charge in [-0.05, 0) is 78.6 Å². The first kappa shape index (κ1) is 28.5. The summed E-state index contributed by atoms with van der Waals surface area (Å²) in [5.74, 6) is 1.87. The van der Waals surface area contributed by atoms with E-state index in [4.69, 9.17) is 9.51 Å². The molecule has 3 saturated carbocycles. The van der Waals surface area contributed by atoms with Gasteiger partial charge in [-0.15, -0.1) is 0 Å². The minimum Gasteiger partial charge on any atom is -0.396 e. The molecule has 5 aliphatic rings. The highest BCUT2D eigenvalue weighted by molar-refractivity contribution is 6.04. The maximum absolute atomic E-state index is 14.5. The SMILES string of the molecule is CC1(C)C[C@@H]2C(CC[C@]3(C)[C@@H]2C(=O)C=C2[C@@]4(C)C=C(C#N)C(=O)C(C)(C)[C@@H]4CC[C@]23C)[C@H](c2nc(CCO)no2)C1. The van der Waals surface area contributed by atoms with Gasteiger partial charge in [-0.3, -0.25) is 9.59 Å². The molecule has 41 heavy (non-hydrogen) atoms. The minimum absolute atomic E-state index is 0.0143. The molecule has 0 aliphatic heterocycles. The zero-order valence-corrected chi connectivity index (χ0v) is 25.7. The standard InChI is InChI=1S/C34H45N3O4/c1-30(2)16-21-20(22(17-30)29-36-26(10-13-38)37-41-29)8-11-34(7)27(21)23(39)14-25-32(5)15-19(18-35)28(40)31(3,4)24(32)9-12-33(25,34)6/h14-15,20-22,24,27,38H,8-13,16-17H2,1-7H3/t20?,21-,22-,24+,27+,32+,33-,34-/m1/s1. The molecule has 6 rings (SSSR count). The minimum atomic E-state index is -0.658. The summed E-state index contributed by atoms with van der Waals surface area (Å²) in [6.07, 6.45) is 9.93. The van der Waals surface area contributed by atoms with Gasteiger partial charge in [0.1, 0.15) is 6.07 Å². The number of allylic oxidation sites excluding steroid dienone is 4. The van der Waals surface area contributed by atoms with Crippen LogP contribution in [0.25, 0.3) is 0 Å². The fourth-order valence-corrected chi connectivity index (χ4v) is 10.9. The van der Waals surface area contributed by atoms with E-state index in [0.29, 0.717) is 18.1 Å². The first-order valence-electron chi connectivity index (χ1n) is 15.5. The van der Waals surface area contributed by atoms with Crippen molar-refractivity contribution >= 4 is 11.6 Å². The topological polar surface area (TPSA) is 117 Å². The maximum atomic E-state index is 14.5. The van der Waals surface area contributed by atoms with Crippen LogP contribution in [0.3, 0.4) is 0 Å². The Balaban J connectivity index is 1.45. The summed E-state index contributed by atoms with van der Waals surface area (Å²) >= 11 is 0. The van der Waals surface area contributed by atoms with Gasteiger partial charge >= 0.3 is 0 Å². The smallest absolute Gasteiger partial charge is 0.230 e. The van der Waals surface area contributed by atoms with Crippen molar-refractivity contribution in [1.82, 2.24) is 10.1 Å². The molecule has 1 unspecified atom stereocenters. The molecule has 7 heteroatoms. The van der Waals surface area contributed by atoms with Crippen molar-refractivity contribution in [3.8, 4) is 6.07 Å². The van der Waals surface area contributed by atoms with Crippen molar-refractivity contribution in [2.24, 2.45) is 50.7 Å². The molecule has 0 aromatic carbocycles. The van der Waals surface area contributed by atoms with Gasteiger partial charge in [-0.2, -0.15) is 10.2 Å². The fraction of sp³-hybridized carbons (Fsp3) is 0.735. The second-order valence-corrected chi connectivity index (χ2v) is 15.8. The van der Waals surface area contributed by atoms with Crippen LogP contribution in [0.2, 0.25) is 0 Å². The quantitative estimate of drug-likeness (QED) is 0.472. The number of fused-ring (bicyclic) bond motifs is 7. The third-order valence-corrected chi connectivity index (χ3v) is 12.8. The molecule has 0 bridgehead atoms. The number of ketones is 2. The van der Waals surface area contributed by atoms with E-state index >= 15 is 0 Å². The molecule has 3 fully saturated rings. The third-order valence-electron chi connectivity index (χ3n) is 12.8. The van der Waals surface area contributed by atoms with Crippen molar-refractivity contribution in [3.63, 3.8) is 0 Å². The highest BCUT2D eigenvalue weighted by Gasteiger charge is 2.68. The van der Waals surface area contributed by atoms with E-state index in [0.717, 1.165) is 44.1 Å². The van der Waals surface area contributed by atoms with Crippen molar-refractivity contribution in [3.05, 3.63) is 35.0 Å². The Hall–Kier alpha value is -2.59. The highest BCUT2D eigenvalue weighted by atomic mass is 16.5. The van der Waals surface area contributed by atoms with Gasteiger partial charge in [0.15, 0.2) is 17.4 Å². The summed E-state index contributed by atoms with van der Waals surface area (Å²) in [6.45, 7) is 15.5. The number of nitriles is 1. The van der Waals surface area contributed by atoms with Crippen molar-refractivity contribution < 1.29 is 19.2 Å². The van der Waals surface area contributed by atoms with E-state index in [9.17, 15) is 20.0 Å². The molecule has 0 radical (unpaired) electrons. The van der Waals surface area contributed by atoms with Crippen LogP contribution in [0.15, 0.2) is 27.8 Å². The molecular formula is C34H45N3O4. The third kappa shape index (κ3) is 3.78. The summed E-state index contributed by atoms with van der Waals surface area (Å²) in [5.41, 5.74) is -0.238. The molecule has 1 heterocycles. The zero-order chi connectivity index (χ0) is 29.8. The fourth-order valence-electron chi connectivity index (χ4n) is 10.9. The van der Waals surface area contributed by atoms with Crippen molar-refractivity contribution in [2.45, 2.75) is 99.3 Å². The monoisotopic (exact) mass is 559 g/mol. The van der Waals surface area contributed by atoms with Gasteiger partial charge in [-0.1, -0.05) is 65.3 Å². The molecule has 0 saturated heterocycles. The first-order valence-corrected chi connectivity index (χ1v) is 15.5. The number of carbonyl (C=O) groups is 2. The van der Waals surface area contributed by atoms with Crippen LogP contribution in [0.1, 0.15) is 105 Å². The van der Waals surface area contributed by atoms with Gasteiger partial charge in [0.25, 0.3) is 0 Å². The molecular weight excluding hydrogens is 514 g/mol. The lowest BCUT2D eigenvalue weighted by Crippen LogP contribution is -2.63. The molecule has 1 aromatic heterocycles. The van der Waals surface area contributed by atoms with Gasteiger partial charge in [-0.25, -0.2) is 0 Å². The molecule has 5 aliphatic carbocycles. The average Bonchev–Trinajstić information content (AvgIpc) is 3.35. The van der Waals surface area contributed by atoms with Crippen LogP contribution in [0.5, 0.6) is 0 Å². The number of hydrogen-bond donors (Lipinski definition) is 1. The van der Waals surface area contributed by atoms with Crippen LogP contribution >= 0.6 is 0 Å². The Kier molecular flexibility index (Phi) is 6.23. The molecule has 8 atom stereocenters. The van der Waals surface area contributed by atoms with Crippen LogP contribution < -0.4 is 0 Å². The van der Waals surface area contributed by atoms with E-state index in [1.807, 2.05) is 26.0 Å². The lowest BCUT2D eigenvalue weighted by atomic mass is 9.35. The van der Waals surface area contributed by atoms with E-state index in [1.54, 1.807) is 0 Å². The van der Waals surface area contributed by atoms with Gasteiger partial charge < -0.3 is 9.63 Å². The number of aromatic nitrogens is 2. The molecule has 0 amide bonds. The van der Waals surface area contributed by atoms with Crippen LogP contribution in [-0.2, 0) is 16.0 Å². The van der Waals surface area contributed by atoms with Gasteiger partial charge in [0.05, 0.1) is 12.2 Å². The predicted octanol–water partition coefficient (Wildman–Crippen LogP) is 6.15. The number of aliphatic hydroxyl groups excluding tert-OH is 1.